The van der Waals surface area contributed by atoms with Gasteiger partial charge in [-0.25, -0.2) is 0 Å². The van der Waals surface area contributed by atoms with E-state index in [4.69, 9.17) is 4.89 Å². The molecule has 0 fully saturated rings. The van der Waals surface area contributed by atoms with Gasteiger partial charge in [0.1, 0.15) is 0 Å². The van der Waals surface area contributed by atoms with Gasteiger partial charge in [0.2, 0.25) is 0 Å². The van der Waals surface area contributed by atoms with Gasteiger partial charge in [0.15, 0.2) is 0 Å². The van der Waals surface area contributed by atoms with Crippen LogP contribution in [-0.2, 0) is 0 Å². The summed E-state index contributed by atoms with van der Waals surface area (Å²) in [5, 5.41) is 0. The van der Waals surface area contributed by atoms with Crippen molar-refractivity contribution in [1.29, 1.82) is 0 Å². The van der Waals surface area contributed by atoms with Crippen LogP contribution < -0.4 is 0 Å². The zero-order valence-corrected chi connectivity index (χ0v) is 6.22. The summed E-state index contributed by atoms with van der Waals surface area (Å²) in [7, 11) is -0.744. The molecule has 1 aliphatic rings. The Morgan fingerprint density at radius 1 is 1.89 bits per heavy atom. The van der Waals surface area contributed by atoms with Crippen molar-refractivity contribution in [1.82, 2.24) is 0 Å². The molecule has 0 aromatic rings. The smallest absolute Gasteiger partial charge is 0.0492 e. The zero-order chi connectivity index (χ0) is 6.69. The first-order valence-corrected chi connectivity index (χ1v) is 4.62. The molecule has 1 N–H and O–H groups in total. The van der Waals surface area contributed by atoms with E-state index >= 15 is 0 Å². The number of allylic oxidation sites excluding steroid dienone is 2. The van der Waals surface area contributed by atoms with E-state index in [0.29, 0.717) is 5.92 Å². The first-order chi connectivity index (χ1) is 4.33. The van der Waals surface area contributed by atoms with Crippen molar-refractivity contribution in [2.75, 3.05) is 6.16 Å². The van der Waals surface area contributed by atoms with E-state index in [1.165, 1.54) is 0 Å². The third kappa shape index (κ3) is 1.92. The van der Waals surface area contributed by atoms with E-state index in [9.17, 15) is 0 Å². The lowest BCUT2D eigenvalue weighted by molar-refractivity contribution is 0.624. The second-order valence-corrected chi connectivity index (χ2v) is 3.79. The molecule has 0 aromatic carbocycles. The Kier molecular flexibility index (Phi) is 2.44. The molecule has 0 saturated carbocycles. The van der Waals surface area contributed by atoms with Crippen molar-refractivity contribution in [3.63, 3.8) is 0 Å². The summed E-state index contributed by atoms with van der Waals surface area (Å²) >= 11 is 0. The maximum absolute atomic E-state index is 9.07. The van der Waals surface area contributed by atoms with Crippen LogP contribution in [0.5, 0.6) is 0 Å². The molecule has 2 atom stereocenters. The SMILES string of the molecule is C=CCC1C=CP(O)C1. The Labute approximate surface area is 56.9 Å². The van der Waals surface area contributed by atoms with E-state index in [0.717, 1.165) is 12.6 Å². The Bertz CT molecular complexity index is 131. The summed E-state index contributed by atoms with van der Waals surface area (Å²) in [6.07, 6.45) is 5.95. The average Bonchev–Trinajstić information content (AvgIpc) is 2.17. The van der Waals surface area contributed by atoms with Gasteiger partial charge in [-0.15, -0.1) is 6.58 Å². The molecule has 0 amide bonds. The van der Waals surface area contributed by atoms with Crippen molar-refractivity contribution < 1.29 is 4.89 Å². The largest absolute Gasteiger partial charge is 0.370 e. The molecule has 0 radical (unpaired) electrons. The molecule has 0 aliphatic carbocycles. The Morgan fingerprint density at radius 2 is 2.67 bits per heavy atom. The molecule has 0 saturated heterocycles. The van der Waals surface area contributed by atoms with E-state index in [1.807, 2.05) is 11.9 Å². The highest BCUT2D eigenvalue weighted by atomic mass is 31.1. The van der Waals surface area contributed by atoms with E-state index in [1.54, 1.807) is 0 Å². The fourth-order valence-corrected chi connectivity index (χ4v) is 2.27. The molecular formula is C7H11OP. The second kappa shape index (κ2) is 3.14. The maximum Gasteiger partial charge on any atom is 0.0492 e. The summed E-state index contributed by atoms with van der Waals surface area (Å²) in [6, 6.07) is 0. The van der Waals surface area contributed by atoms with E-state index < -0.39 is 8.15 Å². The molecule has 2 heteroatoms. The molecule has 50 valence electrons. The molecule has 1 rings (SSSR count). The first-order valence-electron chi connectivity index (χ1n) is 3.07. The van der Waals surface area contributed by atoms with Gasteiger partial charge >= 0.3 is 0 Å². The third-order valence-corrected chi connectivity index (χ3v) is 2.78. The van der Waals surface area contributed by atoms with Gasteiger partial charge in [-0.2, -0.15) is 0 Å². The lowest BCUT2D eigenvalue weighted by Crippen LogP contribution is -1.93. The van der Waals surface area contributed by atoms with Gasteiger partial charge in [0.05, 0.1) is 0 Å². The minimum absolute atomic E-state index is 0.568. The summed E-state index contributed by atoms with van der Waals surface area (Å²) in [5.74, 6) is 2.49. The molecule has 0 spiro atoms. The molecule has 1 heterocycles. The normalized spacial score (nSPS) is 33.0. The topological polar surface area (TPSA) is 20.2 Å². The predicted molar refractivity (Wildman–Crippen MR) is 41.4 cm³/mol. The monoisotopic (exact) mass is 142 g/mol. The minimum atomic E-state index is -0.744. The van der Waals surface area contributed by atoms with Crippen molar-refractivity contribution >= 4 is 8.15 Å². The molecular weight excluding hydrogens is 131 g/mol. The van der Waals surface area contributed by atoms with Gasteiger partial charge < -0.3 is 4.89 Å². The van der Waals surface area contributed by atoms with Crippen LogP contribution in [0.1, 0.15) is 6.42 Å². The highest BCUT2D eigenvalue weighted by molar-refractivity contribution is 7.55. The second-order valence-electron chi connectivity index (χ2n) is 2.25. The van der Waals surface area contributed by atoms with Gasteiger partial charge in [-0.05, 0) is 18.2 Å². The van der Waals surface area contributed by atoms with Crippen LogP contribution >= 0.6 is 8.15 Å². The van der Waals surface area contributed by atoms with Crippen LogP contribution in [0.2, 0.25) is 0 Å². The maximum atomic E-state index is 9.07. The molecule has 0 bridgehead atoms. The van der Waals surface area contributed by atoms with Crippen LogP contribution in [0.4, 0.5) is 0 Å². The van der Waals surface area contributed by atoms with Crippen LogP contribution in [-0.4, -0.2) is 11.1 Å². The molecule has 2 unspecified atom stereocenters. The lowest BCUT2D eigenvalue weighted by Gasteiger charge is -2.02. The predicted octanol–water partition coefficient (Wildman–Crippen LogP) is 2.10. The van der Waals surface area contributed by atoms with Crippen molar-refractivity contribution in [3.8, 4) is 0 Å². The van der Waals surface area contributed by atoms with E-state index in [2.05, 4.69) is 12.7 Å². The number of hydrogen-bond acceptors (Lipinski definition) is 1. The Balaban J connectivity index is 2.31. The summed E-state index contributed by atoms with van der Waals surface area (Å²) in [4.78, 5) is 9.07. The first kappa shape index (κ1) is 6.98. The highest BCUT2D eigenvalue weighted by Gasteiger charge is 2.14. The number of rotatable bonds is 2. The van der Waals surface area contributed by atoms with E-state index in [-0.39, 0.29) is 0 Å². The fraction of sp³-hybridized carbons (Fsp3) is 0.429. The van der Waals surface area contributed by atoms with Crippen molar-refractivity contribution in [3.05, 3.63) is 24.5 Å². The molecule has 1 nitrogen and oxygen atoms in total. The van der Waals surface area contributed by atoms with Crippen LogP contribution in [0.3, 0.4) is 0 Å². The quantitative estimate of drug-likeness (QED) is 0.462. The molecule has 0 aromatic heterocycles. The van der Waals surface area contributed by atoms with Crippen LogP contribution in [0, 0.1) is 5.92 Å². The Hall–Kier alpha value is -0.130. The summed E-state index contributed by atoms with van der Waals surface area (Å²) in [5.41, 5.74) is 0. The van der Waals surface area contributed by atoms with Crippen molar-refractivity contribution in [2.45, 2.75) is 6.42 Å². The van der Waals surface area contributed by atoms with Crippen molar-refractivity contribution in [2.24, 2.45) is 5.92 Å². The zero-order valence-electron chi connectivity index (χ0n) is 5.33. The average molecular weight is 142 g/mol. The Morgan fingerprint density at radius 3 is 3.11 bits per heavy atom. The third-order valence-electron chi connectivity index (χ3n) is 1.42. The fourth-order valence-electron chi connectivity index (χ4n) is 0.950. The van der Waals surface area contributed by atoms with Crippen LogP contribution in [0.25, 0.3) is 0 Å². The highest BCUT2D eigenvalue weighted by Crippen LogP contribution is 2.41. The lowest BCUT2D eigenvalue weighted by atomic mass is 10.1. The van der Waals surface area contributed by atoms with Gasteiger partial charge in [-0.1, -0.05) is 12.2 Å². The standard InChI is InChI=1S/C7H11OP/c1-2-3-7-4-5-9(8)6-7/h2,4-5,7-8H,1,3,6H2. The molecule has 9 heavy (non-hydrogen) atoms. The minimum Gasteiger partial charge on any atom is -0.370 e. The number of hydrogen-bond donors (Lipinski definition) is 1. The van der Waals surface area contributed by atoms with Gasteiger partial charge in [-0.3, -0.25) is 0 Å². The molecule has 1 aliphatic heterocycles. The van der Waals surface area contributed by atoms with Gasteiger partial charge in [0, 0.05) is 14.3 Å². The summed E-state index contributed by atoms with van der Waals surface area (Å²) in [6.45, 7) is 3.64. The van der Waals surface area contributed by atoms with Crippen LogP contribution in [0.15, 0.2) is 24.5 Å². The summed E-state index contributed by atoms with van der Waals surface area (Å²) < 4.78 is 0. The van der Waals surface area contributed by atoms with Gasteiger partial charge in [0.25, 0.3) is 0 Å².